The van der Waals surface area contributed by atoms with E-state index in [0.29, 0.717) is 0 Å². The molecule has 0 amide bonds. The minimum atomic E-state index is 0.866. The number of anilines is 1. The molecule has 0 spiro atoms. The van der Waals surface area contributed by atoms with Gasteiger partial charge in [0.2, 0.25) is 0 Å². The van der Waals surface area contributed by atoms with Crippen molar-refractivity contribution >= 4 is 16.6 Å². The molecule has 0 aliphatic rings. The van der Waals surface area contributed by atoms with Gasteiger partial charge >= 0.3 is 0 Å². The molecule has 19 heavy (non-hydrogen) atoms. The second-order valence-electron chi connectivity index (χ2n) is 4.41. The van der Waals surface area contributed by atoms with Crippen molar-refractivity contribution in [1.29, 1.82) is 0 Å². The number of fused-ring (bicyclic) bond motifs is 1. The first-order chi connectivity index (χ1) is 9.43. The molecule has 1 aromatic carbocycles. The fourth-order valence-electron chi connectivity index (χ4n) is 2.14. The molecule has 2 aromatic heterocycles. The molecule has 0 fully saturated rings. The van der Waals surface area contributed by atoms with Crippen LogP contribution in [0.5, 0.6) is 0 Å². The van der Waals surface area contributed by atoms with Crippen molar-refractivity contribution < 1.29 is 0 Å². The molecular formula is C16H15N3. The molecule has 94 valence electrons. The van der Waals surface area contributed by atoms with Gasteiger partial charge in [0.15, 0.2) is 0 Å². The van der Waals surface area contributed by atoms with Gasteiger partial charge in [-0.25, -0.2) is 4.98 Å². The maximum absolute atomic E-state index is 4.41. The zero-order valence-corrected chi connectivity index (χ0v) is 10.6. The number of aromatic nitrogens is 2. The van der Waals surface area contributed by atoms with E-state index >= 15 is 0 Å². The third-order valence-corrected chi connectivity index (χ3v) is 3.13. The highest BCUT2D eigenvalue weighted by molar-refractivity contribution is 5.91. The Balaban J connectivity index is 1.72. The molecule has 0 radical (unpaired) electrons. The Kier molecular flexibility index (Phi) is 3.36. The van der Waals surface area contributed by atoms with Crippen molar-refractivity contribution in [2.24, 2.45) is 0 Å². The third kappa shape index (κ3) is 2.71. The summed E-state index contributed by atoms with van der Waals surface area (Å²) in [6.45, 7) is 0.866. The lowest BCUT2D eigenvalue weighted by Crippen LogP contribution is -2.06. The van der Waals surface area contributed by atoms with E-state index in [1.807, 2.05) is 48.9 Å². The molecule has 0 atom stereocenters. The number of hydrogen-bond acceptors (Lipinski definition) is 3. The maximum Gasteiger partial charge on any atom is 0.133 e. The minimum absolute atomic E-state index is 0.866. The van der Waals surface area contributed by atoms with E-state index in [1.54, 1.807) is 0 Å². The summed E-state index contributed by atoms with van der Waals surface area (Å²) < 4.78 is 0. The van der Waals surface area contributed by atoms with Gasteiger partial charge in [0.05, 0.1) is 0 Å². The molecule has 2 heterocycles. The van der Waals surface area contributed by atoms with Crippen molar-refractivity contribution in [3.05, 3.63) is 66.6 Å². The van der Waals surface area contributed by atoms with Gasteiger partial charge in [0.25, 0.3) is 0 Å². The van der Waals surface area contributed by atoms with Crippen LogP contribution >= 0.6 is 0 Å². The van der Waals surface area contributed by atoms with Gasteiger partial charge in [-0.1, -0.05) is 24.3 Å². The van der Waals surface area contributed by atoms with Crippen LogP contribution in [0.1, 0.15) is 5.56 Å². The maximum atomic E-state index is 4.41. The second kappa shape index (κ2) is 5.48. The number of nitrogens with zero attached hydrogens (tertiary/aromatic N) is 2. The van der Waals surface area contributed by atoms with Crippen LogP contribution in [-0.4, -0.2) is 16.5 Å². The van der Waals surface area contributed by atoms with E-state index in [4.69, 9.17) is 0 Å². The fourth-order valence-corrected chi connectivity index (χ4v) is 2.14. The summed E-state index contributed by atoms with van der Waals surface area (Å²) in [5.41, 5.74) is 1.28. The molecule has 3 rings (SSSR count). The third-order valence-electron chi connectivity index (χ3n) is 3.13. The lowest BCUT2D eigenvalue weighted by atomic mass is 10.1. The van der Waals surface area contributed by atoms with Gasteiger partial charge in [-0.05, 0) is 35.6 Å². The summed E-state index contributed by atoms with van der Waals surface area (Å²) in [7, 11) is 0. The Morgan fingerprint density at radius 2 is 1.74 bits per heavy atom. The van der Waals surface area contributed by atoms with E-state index < -0.39 is 0 Å². The summed E-state index contributed by atoms with van der Waals surface area (Å²) >= 11 is 0. The van der Waals surface area contributed by atoms with E-state index in [-0.39, 0.29) is 0 Å². The SMILES string of the molecule is c1ccc2c(NCCc3ccncc3)nccc2c1. The van der Waals surface area contributed by atoms with Crippen molar-refractivity contribution in [3.63, 3.8) is 0 Å². The molecule has 3 nitrogen and oxygen atoms in total. The average molecular weight is 249 g/mol. The highest BCUT2D eigenvalue weighted by Gasteiger charge is 2.00. The molecule has 0 aliphatic carbocycles. The van der Waals surface area contributed by atoms with Crippen molar-refractivity contribution in [2.75, 3.05) is 11.9 Å². The fraction of sp³-hybridized carbons (Fsp3) is 0.125. The van der Waals surface area contributed by atoms with E-state index in [1.165, 1.54) is 16.3 Å². The van der Waals surface area contributed by atoms with Crippen LogP contribution in [0.3, 0.4) is 0 Å². The van der Waals surface area contributed by atoms with Gasteiger partial charge in [0.1, 0.15) is 5.82 Å². The van der Waals surface area contributed by atoms with Crippen LogP contribution in [0.25, 0.3) is 10.8 Å². The van der Waals surface area contributed by atoms with E-state index in [0.717, 1.165) is 18.8 Å². The molecule has 0 unspecified atom stereocenters. The largest absolute Gasteiger partial charge is 0.369 e. The highest BCUT2D eigenvalue weighted by atomic mass is 15.0. The lowest BCUT2D eigenvalue weighted by Gasteiger charge is -2.08. The molecule has 0 saturated heterocycles. The van der Waals surface area contributed by atoms with Gasteiger partial charge in [-0.2, -0.15) is 0 Å². The zero-order chi connectivity index (χ0) is 12.9. The van der Waals surface area contributed by atoms with Gasteiger partial charge < -0.3 is 5.32 Å². The van der Waals surface area contributed by atoms with E-state index in [9.17, 15) is 0 Å². The topological polar surface area (TPSA) is 37.8 Å². The van der Waals surface area contributed by atoms with Crippen LogP contribution in [0.15, 0.2) is 61.1 Å². The summed E-state index contributed by atoms with van der Waals surface area (Å²) in [6.07, 6.45) is 6.46. The van der Waals surface area contributed by atoms with Crippen LogP contribution in [0.4, 0.5) is 5.82 Å². The Morgan fingerprint density at radius 1 is 0.895 bits per heavy atom. The summed E-state index contributed by atoms with van der Waals surface area (Å²) in [5.74, 6) is 0.951. The Bertz CT molecular complexity index is 660. The Hall–Kier alpha value is -2.42. The quantitative estimate of drug-likeness (QED) is 0.771. The summed E-state index contributed by atoms with van der Waals surface area (Å²) in [6, 6.07) is 14.4. The van der Waals surface area contributed by atoms with Crippen LogP contribution in [0, 0.1) is 0 Å². The first-order valence-corrected chi connectivity index (χ1v) is 6.40. The number of pyridine rings is 2. The van der Waals surface area contributed by atoms with Gasteiger partial charge in [-0.3, -0.25) is 4.98 Å². The number of rotatable bonds is 4. The number of hydrogen-bond donors (Lipinski definition) is 1. The normalized spacial score (nSPS) is 10.5. The summed E-state index contributed by atoms with van der Waals surface area (Å²) in [4.78, 5) is 8.43. The average Bonchev–Trinajstić information content (AvgIpc) is 2.49. The molecule has 1 N–H and O–H groups in total. The van der Waals surface area contributed by atoms with Crippen LogP contribution in [-0.2, 0) is 6.42 Å². The van der Waals surface area contributed by atoms with Crippen molar-refractivity contribution in [2.45, 2.75) is 6.42 Å². The monoisotopic (exact) mass is 249 g/mol. The number of nitrogens with one attached hydrogen (secondary N) is 1. The first-order valence-electron chi connectivity index (χ1n) is 6.40. The summed E-state index contributed by atoms with van der Waals surface area (Å²) in [5, 5.41) is 5.78. The molecule has 3 heteroatoms. The zero-order valence-electron chi connectivity index (χ0n) is 10.6. The first kappa shape index (κ1) is 11.7. The smallest absolute Gasteiger partial charge is 0.133 e. The molecule has 0 bridgehead atoms. The highest BCUT2D eigenvalue weighted by Crippen LogP contribution is 2.20. The van der Waals surface area contributed by atoms with Crippen LogP contribution in [0.2, 0.25) is 0 Å². The molecular weight excluding hydrogens is 234 g/mol. The molecule has 0 saturated carbocycles. The van der Waals surface area contributed by atoms with Gasteiger partial charge in [0, 0.05) is 30.5 Å². The number of benzene rings is 1. The predicted octanol–water partition coefficient (Wildman–Crippen LogP) is 3.28. The van der Waals surface area contributed by atoms with Crippen molar-refractivity contribution in [3.8, 4) is 0 Å². The minimum Gasteiger partial charge on any atom is -0.369 e. The molecule has 0 aliphatic heterocycles. The Morgan fingerprint density at radius 3 is 2.63 bits per heavy atom. The van der Waals surface area contributed by atoms with Crippen molar-refractivity contribution in [1.82, 2.24) is 9.97 Å². The lowest BCUT2D eigenvalue weighted by molar-refractivity contribution is 1.00. The Labute approximate surface area is 112 Å². The second-order valence-corrected chi connectivity index (χ2v) is 4.41. The van der Waals surface area contributed by atoms with Crippen LogP contribution < -0.4 is 5.32 Å². The predicted molar refractivity (Wildman–Crippen MR) is 78.2 cm³/mol. The standard InChI is InChI=1S/C16H15N3/c1-2-4-15-14(3-1)8-12-19-16(15)18-11-7-13-5-9-17-10-6-13/h1-6,8-10,12H,7,11H2,(H,18,19). The van der Waals surface area contributed by atoms with Gasteiger partial charge in [-0.15, -0.1) is 0 Å². The molecule has 3 aromatic rings. The van der Waals surface area contributed by atoms with E-state index in [2.05, 4.69) is 27.4 Å².